The molecule has 2 rings (SSSR count). The van der Waals surface area contributed by atoms with Crippen molar-refractivity contribution in [3.05, 3.63) is 29.8 Å². The molecule has 0 heterocycles. The number of benzene rings is 1. The van der Waals surface area contributed by atoms with Gasteiger partial charge in [-0.15, -0.1) is 11.8 Å². The first-order valence-corrected chi connectivity index (χ1v) is 5.73. The summed E-state index contributed by atoms with van der Waals surface area (Å²) in [5, 5.41) is 18.9. The molecule has 1 aromatic carbocycles. The number of aliphatic hydroxyl groups is 1. The molecule has 1 fully saturated rings. The number of carboxylic acid groups (broad SMARTS) is 1. The Morgan fingerprint density at radius 1 is 1.40 bits per heavy atom. The second-order valence-electron chi connectivity index (χ2n) is 3.60. The number of rotatable bonds is 4. The van der Waals surface area contributed by atoms with Gasteiger partial charge < -0.3 is 10.2 Å². The van der Waals surface area contributed by atoms with E-state index >= 15 is 0 Å². The lowest BCUT2D eigenvalue weighted by molar-refractivity contribution is -0.147. The molecule has 0 amide bonds. The zero-order valence-electron chi connectivity index (χ0n) is 8.09. The summed E-state index contributed by atoms with van der Waals surface area (Å²) >= 11 is 1.66. The van der Waals surface area contributed by atoms with Crippen LogP contribution < -0.4 is 0 Å². The summed E-state index contributed by atoms with van der Waals surface area (Å²) in [7, 11) is 0. The average molecular weight is 224 g/mol. The summed E-state index contributed by atoms with van der Waals surface area (Å²) in [6.07, 6.45) is 0.956. The predicted molar refractivity (Wildman–Crippen MR) is 57.9 cm³/mol. The first-order valence-electron chi connectivity index (χ1n) is 4.85. The van der Waals surface area contributed by atoms with Gasteiger partial charge in [-0.2, -0.15) is 0 Å². The number of aliphatic hydroxyl groups excluding tert-OH is 1. The van der Waals surface area contributed by atoms with Gasteiger partial charge in [-0.25, -0.2) is 4.79 Å². The largest absolute Gasteiger partial charge is 0.479 e. The number of carbonyl (C=O) groups is 1. The summed E-state index contributed by atoms with van der Waals surface area (Å²) in [5.74, 6) is -1.20. The molecule has 1 atom stereocenters. The number of thioether (sulfide) groups is 1. The van der Waals surface area contributed by atoms with E-state index in [1.165, 1.54) is 12.8 Å². The van der Waals surface area contributed by atoms with E-state index in [1.54, 1.807) is 23.9 Å². The van der Waals surface area contributed by atoms with Crippen molar-refractivity contribution in [2.24, 2.45) is 0 Å². The van der Waals surface area contributed by atoms with E-state index in [0.29, 0.717) is 10.8 Å². The van der Waals surface area contributed by atoms with Crippen LogP contribution in [0.25, 0.3) is 0 Å². The van der Waals surface area contributed by atoms with Crippen molar-refractivity contribution in [1.82, 2.24) is 0 Å². The van der Waals surface area contributed by atoms with Crippen molar-refractivity contribution in [2.45, 2.75) is 29.1 Å². The van der Waals surface area contributed by atoms with Crippen molar-refractivity contribution < 1.29 is 15.0 Å². The van der Waals surface area contributed by atoms with Gasteiger partial charge in [0.2, 0.25) is 0 Å². The molecule has 1 unspecified atom stereocenters. The molecule has 1 aromatic rings. The fourth-order valence-electron chi connectivity index (χ4n) is 1.31. The van der Waals surface area contributed by atoms with Gasteiger partial charge in [0.25, 0.3) is 0 Å². The molecule has 3 nitrogen and oxygen atoms in total. The highest BCUT2D eigenvalue weighted by atomic mass is 32.2. The zero-order chi connectivity index (χ0) is 10.8. The van der Waals surface area contributed by atoms with Gasteiger partial charge in [0.15, 0.2) is 6.10 Å². The molecule has 0 bridgehead atoms. The Morgan fingerprint density at radius 2 is 2.07 bits per heavy atom. The van der Waals surface area contributed by atoms with Crippen LogP contribution in [0.4, 0.5) is 0 Å². The molecule has 0 aromatic heterocycles. The fraction of sp³-hybridized carbons (Fsp3) is 0.364. The number of hydrogen-bond donors (Lipinski definition) is 2. The minimum absolute atomic E-state index is 0.502. The first-order chi connectivity index (χ1) is 7.18. The lowest BCUT2D eigenvalue weighted by atomic mass is 10.1. The second-order valence-corrected chi connectivity index (χ2v) is 4.94. The molecule has 1 aliphatic rings. The van der Waals surface area contributed by atoms with Gasteiger partial charge in [0.05, 0.1) is 0 Å². The van der Waals surface area contributed by atoms with Gasteiger partial charge >= 0.3 is 5.97 Å². The summed E-state index contributed by atoms with van der Waals surface area (Å²) < 4.78 is 0. The molecule has 1 saturated carbocycles. The van der Waals surface area contributed by atoms with Crippen molar-refractivity contribution >= 4 is 17.7 Å². The lowest BCUT2D eigenvalue weighted by Crippen LogP contribution is -2.11. The molecule has 0 radical (unpaired) electrons. The Labute approximate surface area is 92.1 Å². The maximum absolute atomic E-state index is 10.7. The highest BCUT2D eigenvalue weighted by molar-refractivity contribution is 8.00. The Bertz CT molecular complexity index is 374. The Balaban J connectivity index is 2.23. The molecule has 1 aliphatic carbocycles. The van der Waals surface area contributed by atoms with E-state index in [1.807, 2.05) is 12.1 Å². The summed E-state index contributed by atoms with van der Waals surface area (Å²) in [6.45, 7) is 0. The third kappa shape index (κ3) is 2.52. The fourth-order valence-corrected chi connectivity index (χ4v) is 2.52. The minimum Gasteiger partial charge on any atom is -0.479 e. The van der Waals surface area contributed by atoms with Crippen LogP contribution in [-0.4, -0.2) is 21.4 Å². The van der Waals surface area contributed by atoms with Gasteiger partial charge in [0.1, 0.15) is 0 Å². The smallest absolute Gasteiger partial charge is 0.337 e. The van der Waals surface area contributed by atoms with E-state index in [-0.39, 0.29) is 0 Å². The van der Waals surface area contributed by atoms with Crippen molar-refractivity contribution in [3.63, 3.8) is 0 Å². The van der Waals surface area contributed by atoms with Gasteiger partial charge in [-0.3, -0.25) is 0 Å². The molecular formula is C11H12O3S. The van der Waals surface area contributed by atoms with Crippen LogP contribution in [0.15, 0.2) is 29.2 Å². The quantitative estimate of drug-likeness (QED) is 0.822. The van der Waals surface area contributed by atoms with Crippen LogP contribution in [0.5, 0.6) is 0 Å². The summed E-state index contributed by atoms with van der Waals surface area (Å²) in [6, 6.07) is 7.15. The number of aliphatic carboxylic acids is 1. The highest BCUT2D eigenvalue weighted by Gasteiger charge is 2.26. The molecule has 2 N–H and O–H groups in total. The number of hydrogen-bond acceptors (Lipinski definition) is 3. The van der Waals surface area contributed by atoms with Crippen LogP contribution in [-0.2, 0) is 4.79 Å². The minimum atomic E-state index is -1.41. The normalized spacial score (nSPS) is 17.4. The molecule has 15 heavy (non-hydrogen) atoms. The molecule has 0 aliphatic heterocycles. The SMILES string of the molecule is O=C(O)C(O)c1ccccc1SC1CC1. The maximum atomic E-state index is 10.7. The Hall–Kier alpha value is -1.00. The first kappa shape index (κ1) is 10.5. The van der Waals surface area contributed by atoms with E-state index in [9.17, 15) is 9.90 Å². The monoisotopic (exact) mass is 224 g/mol. The second kappa shape index (κ2) is 4.24. The van der Waals surface area contributed by atoms with Crippen molar-refractivity contribution in [3.8, 4) is 0 Å². The van der Waals surface area contributed by atoms with E-state index in [0.717, 1.165) is 4.90 Å². The standard InChI is InChI=1S/C11H12O3S/c12-10(11(13)14)8-3-1-2-4-9(8)15-7-5-6-7/h1-4,7,10,12H,5-6H2,(H,13,14). The van der Waals surface area contributed by atoms with Crippen molar-refractivity contribution in [1.29, 1.82) is 0 Å². The topological polar surface area (TPSA) is 57.5 Å². The maximum Gasteiger partial charge on any atom is 0.337 e. The van der Waals surface area contributed by atoms with Crippen LogP contribution in [0.1, 0.15) is 24.5 Å². The van der Waals surface area contributed by atoms with Gasteiger partial charge in [-0.1, -0.05) is 18.2 Å². The molecule has 0 saturated heterocycles. The van der Waals surface area contributed by atoms with Gasteiger partial charge in [-0.05, 0) is 18.9 Å². The highest BCUT2D eigenvalue weighted by Crippen LogP contribution is 2.41. The van der Waals surface area contributed by atoms with Gasteiger partial charge in [0, 0.05) is 15.7 Å². The van der Waals surface area contributed by atoms with E-state index < -0.39 is 12.1 Å². The van der Waals surface area contributed by atoms with Crippen LogP contribution in [0.2, 0.25) is 0 Å². The third-order valence-electron chi connectivity index (χ3n) is 2.27. The number of carboxylic acids is 1. The third-order valence-corrected chi connectivity index (χ3v) is 3.70. The molecule has 4 heteroatoms. The summed E-state index contributed by atoms with van der Waals surface area (Å²) in [5.41, 5.74) is 0.502. The van der Waals surface area contributed by atoms with Crippen molar-refractivity contribution in [2.75, 3.05) is 0 Å². The van der Waals surface area contributed by atoms with Crippen LogP contribution in [0.3, 0.4) is 0 Å². The lowest BCUT2D eigenvalue weighted by Gasteiger charge is -2.11. The molecule has 0 spiro atoms. The van der Waals surface area contributed by atoms with E-state index in [2.05, 4.69) is 0 Å². The van der Waals surface area contributed by atoms with E-state index in [4.69, 9.17) is 5.11 Å². The summed E-state index contributed by atoms with van der Waals surface area (Å²) in [4.78, 5) is 11.6. The van der Waals surface area contributed by atoms with Crippen LogP contribution in [0, 0.1) is 0 Å². The Kier molecular flexibility index (Phi) is 2.98. The van der Waals surface area contributed by atoms with Crippen LogP contribution >= 0.6 is 11.8 Å². The molecular weight excluding hydrogens is 212 g/mol. The predicted octanol–water partition coefficient (Wildman–Crippen LogP) is 2.06. The average Bonchev–Trinajstić information content (AvgIpc) is 3.01. The zero-order valence-corrected chi connectivity index (χ0v) is 8.91. The molecule has 80 valence electrons. The Morgan fingerprint density at radius 3 is 2.67 bits per heavy atom.